The fourth-order valence-corrected chi connectivity index (χ4v) is 3.23. The molecular weight excluding hydrogens is 404 g/mol. The number of hydrogen-bond donors (Lipinski definition) is 1. The molecule has 172 valence electrons. The van der Waals surface area contributed by atoms with Crippen LogP contribution in [0, 0.1) is 0 Å². The van der Waals surface area contributed by atoms with E-state index in [4.69, 9.17) is 9.47 Å². The highest BCUT2D eigenvalue weighted by Crippen LogP contribution is 2.20. The molecule has 2 amide bonds. The number of likely N-dealkylation sites (N-methyl/N-ethyl adjacent to an activating group) is 1. The van der Waals surface area contributed by atoms with Gasteiger partial charge in [-0.15, -0.1) is 6.58 Å². The largest absolute Gasteiger partial charge is 0.497 e. The van der Waals surface area contributed by atoms with Gasteiger partial charge in [0.25, 0.3) is 0 Å². The molecule has 6 heteroatoms. The second kappa shape index (κ2) is 11.4. The summed E-state index contributed by atoms with van der Waals surface area (Å²) in [6, 6.07) is 14.4. The third-order valence-corrected chi connectivity index (χ3v) is 4.85. The van der Waals surface area contributed by atoms with Gasteiger partial charge in [0.15, 0.2) is 0 Å². The summed E-state index contributed by atoms with van der Waals surface area (Å²) in [6.45, 7) is 9.13. The van der Waals surface area contributed by atoms with E-state index in [9.17, 15) is 9.59 Å². The molecule has 0 saturated carbocycles. The van der Waals surface area contributed by atoms with Crippen LogP contribution in [-0.4, -0.2) is 37.8 Å². The number of methoxy groups -OCH3 is 1. The number of nitrogens with zero attached hydrogens (tertiary/aromatic N) is 1. The maximum Gasteiger partial charge on any atom is 0.408 e. The van der Waals surface area contributed by atoms with Gasteiger partial charge >= 0.3 is 6.09 Å². The third kappa shape index (κ3) is 7.76. The van der Waals surface area contributed by atoms with Gasteiger partial charge in [0.05, 0.1) is 7.11 Å². The number of amides is 2. The van der Waals surface area contributed by atoms with Crippen molar-refractivity contribution in [2.75, 3.05) is 19.1 Å². The number of carbonyl (C=O) groups is 2. The number of carbonyl (C=O) groups excluding carboxylic acids is 2. The van der Waals surface area contributed by atoms with E-state index in [0.29, 0.717) is 17.9 Å². The monoisotopic (exact) mass is 438 g/mol. The number of nitrogens with one attached hydrogen (secondary N) is 1. The molecule has 0 aliphatic heterocycles. The minimum absolute atomic E-state index is 0.238. The molecule has 2 rings (SSSR count). The van der Waals surface area contributed by atoms with Crippen LogP contribution in [0.4, 0.5) is 10.5 Å². The summed E-state index contributed by atoms with van der Waals surface area (Å²) in [4.78, 5) is 27.4. The molecule has 0 saturated heterocycles. The van der Waals surface area contributed by atoms with Crippen molar-refractivity contribution in [2.24, 2.45) is 0 Å². The lowest BCUT2D eigenvalue weighted by molar-refractivity contribution is -0.120. The van der Waals surface area contributed by atoms with Crippen LogP contribution in [0.2, 0.25) is 0 Å². The second-order valence-electron chi connectivity index (χ2n) is 8.65. The van der Waals surface area contributed by atoms with Crippen molar-refractivity contribution in [1.29, 1.82) is 0 Å². The minimum atomic E-state index is -0.786. The van der Waals surface area contributed by atoms with Gasteiger partial charge in [0.1, 0.15) is 17.4 Å². The van der Waals surface area contributed by atoms with Gasteiger partial charge in [0.2, 0.25) is 5.91 Å². The zero-order valence-corrected chi connectivity index (χ0v) is 19.7. The molecule has 1 atom stereocenters. The van der Waals surface area contributed by atoms with Crippen LogP contribution < -0.4 is 15.0 Å². The van der Waals surface area contributed by atoms with E-state index >= 15 is 0 Å². The van der Waals surface area contributed by atoms with Crippen molar-refractivity contribution in [3.8, 4) is 5.75 Å². The van der Waals surface area contributed by atoms with Crippen LogP contribution in [0.25, 0.3) is 0 Å². The molecule has 1 unspecified atom stereocenters. The van der Waals surface area contributed by atoms with Crippen LogP contribution in [0.15, 0.2) is 61.2 Å². The van der Waals surface area contributed by atoms with E-state index < -0.39 is 17.7 Å². The predicted octanol–water partition coefficient (Wildman–Crippen LogP) is 4.91. The molecule has 0 aliphatic carbocycles. The molecule has 0 aliphatic rings. The van der Waals surface area contributed by atoms with Gasteiger partial charge in [-0.25, -0.2) is 4.79 Å². The van der Waals surface area contributed by atoms with E-state index in [0.717, 1.165) is 24.0 Å². The first-order valence-corrected chi connectivity index (χ1v) is 10.7. The average molecular weight is 439 g/mol. The Labute approximate surface area is 191 Å². The lowest BCUT2D eigenvalue weighted by Crippen LogP contribution is -2.50. The molecule has 1 N–H and O–H groups in total. The highest BCUT2D eigenvalue weighted by molar-refractivity contribution is 5.98. The number of benzene rings is 2. The van der Waals surface area contributed by atoms with Crippen LogP contribution in [0.5, 0.6) is 5.75 Å². The van der Waals surface area contributed by atoms with Gasteiger partial charge in [-0.05, 0) is 69.0 Å². The normalized spacial score (nSPS) is 11.9. The molecule has 0 bridgehead atoms. The molecule has 32 heavy (non-hydrogen) atoms. The molecule has 2 aromatic carbocycles. The smallest absolute Gasteiger partial charge is 0.408 e. The number of aryl methyl sites for hydroxylation is 1. The summed E-state index contributed by atoms with van der Waals surface area (Å²) in [6.07, 6.45) is 3.36. The SMILES string of the molecule is C=CCCc1cccc(CC(NC(=O)OC(C)(C)C)C(=O)N(C)c2ccc(OC)cc2)c1. The van der Waals surface area contributed by atoms with Crippen molar-refractivity contribution in [2.45, 2.75) is 51.7 Å². The summed E-state index contributed by atoms with van der Waals surface area (Å²) >= 11 is 0. The Hall–Kier alpha value is -3.28. The van der Waals surface area contributed by atoms with Gasteiger partial charge in [-0.1, -0.05) is 30.3 Å². The molecule has 0 fully saturated rings. The van der Waals surface area contributed by atoms with E-state index in [1.165, 1.54) is 4.90 Å². The molecule has 0 spiro atoms. The summed E-state index contributed by atoms with van der Waals surface area (Å²) in [5.74, 6) is 0.465. The van der Waals surface area contributed by atoms with Crippen LogP contribution in [0.3, 0.4) is 0 Å². The van der Waals surface area contributed by atoms with E-state index in [-0.39, 0.29) is 5.91 Å². The quantitative estimate of drug-likeness (QED) is 0.565. The first-order valence-electron chi connectivity index (χ1n) is 10.7. The molecular formula is C26H34N2O4. The van der Waals surface area contributed by atoms with E-state index in [1.54, 1.807) is 59.2 Å². The van der Waals surface area contributed by atoms with E-state index in [1.807, 2.05) is 18.2 Å². The Kier molecular flexibility index (Phi) is 8.88. The topological polar surface area (TPSA) is 67.9 Å². The fraction of sp³-hybridized carbons (Fsp3) is 0.385. The molecule has 2 aromatic rings. The van der Waals surface area contributed by atoms with Crippen molar-refractivity contribution in [1.82, 2.24) is 5.32 Å². The zero-order valence-electron chi connectivity index (χ0n) is 19.7. The second-order valence-corrected chi connectivity index (χ2v) is 8.65. The molecule has 6 nitrogen and oxygen atoms in total. The third-order valence-electron chi connectivity index (χ3n) is 4.85. The summed E-state index contributed by atoms with van der Waals surface area (Å²) in [5.41, 5.74) is 2.16. The molecule has 0 heterocycles. The highest BCUT2D eigenvalue weighted by Gasteiger charge is 2.27. The number of allylic oxidation sites excluding steroid dienone is 1. The number of rotatable bonds is 9. The first-order chi connectivity index (χ1) is 15.1. The first kappa shape index (κ1) is 25.0. The number of hydrogen-bond acceptors (Lipinski definition) is 4. The van der Waals surface area contributed by atoms with Crippen molar-refractivity contribution >= 4 is 17.7 Å². The molecule has 0 aromatic heterocycles. The van der Waals surface area contributed by atoms with Gasteiger partial charge in [-0.2, -0.15) is 0 Å². The van der Waals surface area contributed by atoms with Crippen LogP contribution >= 0.6 is 0 Å². The number of anilines is 1. The van der Waals surface area contributed by atoms with Crippen molar-refractivity contribution < 1.29 is 19.1 Å². The van der Waals surface area contributed by atoms with Crippen molar-refractivity contribution in [3.05, 3.63) is 72.3 Å². The number of ether oxygens (including phenoxy) is 2. The number of alkyl carbamates (subject to hydrolysis) is 1. The molecule has 0 radical (unpaired) electrons. The maximum absolute atomic E-state index is 13.4. The van der Waals surface area contributed by atoms with Gasteiger partial charge in [-0.3, -0.25) is 4.79 Å². The zero-order chi connectivity index (χ0) is 23.7. The van der Waals surface area contributed by atoms with Gasteiger partial charge < -0.3 is 19.7 Å². The van der Waals surface area contributed by atoms with Crippen LogP contribution in [0.1, 0.15) is 38.3 Å². The Morgan fingerprint density at radius 3 is 2.38 bits per heavy atom. The summed E-state index contributed by atoms with van der Waals surface area (Å²) in [7, 11) is 3.28. The van der Waals surface area contributed by atoms with Crippen molar-refractivity contribution in [3.63, 3.8) is 0 Å². The highest BCUT2D eigenvalue weighted by atomic mass is 16.6. The van der Waals surface area contributed by atoms with Crippen LogP contribution in [-0.2, 0) is 22.4 Å². The fourth-order valence-electron chi connectivity index (χ4n) is 3.23. The van der Waals surface area contributed by atoms with E-state index in [2.05, 4.69) is 24.0 Å². The summed E-state index contributed by atoms with van der Waals surface area (Å²) in [5, 5.41) is 2.76. The van der Waals surface area contributed by atoms with Gasteiger partial charge in [0, 0.05) is 19.2 Å². The Balaban J connectivity index is 2.25. The lowest BCUT2D eigenvalue weighted by Gasteiger charge is -2.27. The Bertz CT molecular complexity index is 916. The Morgan fingerprint density at radius 1 is 1.12 bits per heavy atom. The Morgan fingerprint density at radius 2 is 1.78 bits per heavy atom. The standard InChI is InChI=1S/C26H34N2O4/c1-7-8-10-19-11-9-12-20(17-19)18-23(27-25(30)32-26(2,3)4)24(29)28(5)21-13-15-22(31-6)16-14-21/h7,9,11-17,23H,1,8,10,18H2,2-6H3,(H,27,30). The predicted molar refractivity (Wildman–Crippen MR) is 128 cm³/mol. The lowest BCUT2D eigenvalue weighted by atomic mass is 10.0. The maximum atomic E-state index is 13.4. The summed E-state index contributed by atoms with van der Waals surface area (Å²) < 4.78 is 10.6. The minimum Gasteiger partial charge on any atom is -0.497 e. The average Bonchev–Trinajstić information content (AvgIpc) is 2.75.